The van der Waals surface area contributed by atoms with Crippen LogP contribution in [0.2, 0.25) is 0 Å². The number of rotatable bonds is 20. The van der Waals surface area contributed by atoms with Gasteiger partial charge in [-0.2, -0.15) is 0 Å². The van der Waals surface area contributed by atoms with Crippen molar-refractivity contribution in [3.63, 3.8) is 0 Å². The zero-order valence-corrected chi connectivity index (χ0v) is 21.7. The largest absolute Gasteiger partial charge is 0.378 e. The Balaban J connectivity index is 1.06. The Morgan fingerprint density at radius 3 is 1.84 bits per heavy atom. The predicted octanol–water partition coefficient (Wildman–Crippen LogP) is 8.86. The number of benzene rings is 1. The van der Waals surface area contributed by atoms with Crippen molar-refractivity contribution in [3.05, 3.63) is 35.9 Å². The molecule has 1 aromatic rings. The van der Waals surface area contributed by atoms with Crippen LogP contribution in [-0.4, -0.2) is 24.2 Å². The highest BCUT2D eigenvalue weighted by Gasteiger charge is 2.31. The van der Waals surface area contributed by atoms with Gasteiger partial charge in [-0.1, -0.05) is 101 Å². The average molecular weight is 460 g/mol. The Hall–Kier alpha value is -0.470. The SMILES string of the molecule is c1ccc(C[S+](CCCCCCCCCCCCCCCC2CCCO2)CC2CC2)cc1. The summed E-state index contributed by atoms with van der Waals surface area (Å²) >= 11 is 0. The molecular weight excluding hydrogens is 408 g/mol. The fraction of sp³-hybridized carbons (Fsp3) is 0.800. The van der Waals surface area contributed by atoms with Crippen LogP contribution in [0.15, 0.2) is 30.3 Å². The molecule has 32 heavy (non-hydrogen) atoms. The maximum atomic E-state index is 5.71. The van der Waals surface area contributed by atoms with E-state index in [1.165, 1.54) is 133 Å². The van der Waals surface area contributed by atoms with Gasteiger partial charge in [0.25, 0.3) is 0 Å². The number of hydrogen-bond acceptors (Lipinski definition) is 1. The van der Waals surface area contributed by atoms with Crippen LogP contribution in [-0.2, 0) is 21.4 Å². The van der Waals surface area contributed by atoms with Crippen LogP contribution < -0.4 is 0 Å². The molecule has 0 N–H and O–H groups in total. The third kappa shape index (κ3) is 12.7. The minimum Gasteiger partial charge on any atom is -0.378 e. The van der Waals surface area contributed by atoms with E-state index in [-0.39, 0.29) is 0 Å². The Kier molecular flexibility index (Phi) is 13.9. The van der Waals surface area contributed by atoms with Gasteiger partial charge in [-0.25, -0.2) is 0 Å². The van der Waals surface area contributed by atoms with E-state index in [9.17, 15) is 0 Å². The second-order valence-electron chi connectivity index (χ2n) is 10.6. The molecule has 0 spiro atoms. The van der Waals surface area contributed by atoms with Crippen molar-refractivity contribution in [2.75, 3.05) is 18.1 Å². The van der Waals surface area contributed by atoms with E-state index in [2.05, 4.69) is 30.3 Å². The van der Waals surface area contributed by atoms with Gasteiger partial charge in [0.15, 0.2) is 0 Å². The van der Waals surface area contributed by atoms with E-state index in [4.69, 9.17) is 4.74 Å². The van der Waals surface area contributed by atoms with Gasteiger partial charge in [0.2, 0.25) is 0 Å². The summed E-state index contributed by atoms with van der Waals surface area (Å²) in [5.74, 6) is 5.42. The smallest absolute Gasteiger partial charge is 0.133 e. The Morgan fingerprint density at radius 1 is 0.688 bits per heavy atom. The lowest BCUT2D eigenvalue weighted by Gasteiger charge is -2.09. The summed E-state index contributed by atoms with van der Waals surface area (Å²) in [5, 5.41) is 0. The second-order valence-corrected chi connectivity index (χ2v) is 12.8. The maximum absolute atomic E-state index is 5.71. The van der Waals surface area contributed by atoms with E-state index >= 15 is 0 Å². The van der Waals surface area contributed by atoms with Gasteiger partial charge in [0.05, 0.1) is 6.10 Å². The maximum Gasteiger partial charge on any atom is 0.133 e. The Labute approximate surface area is 202 Å². The lowest BCUT2D eigenvalue weighted by molar-refractivity contribution is 0.102. The van der Waals surface area contributed by atoms with Crippen LogP contribution in [0.1, 0.15) is 121 Å². The van der Waals surface area contributed by atoms with E-state index in [0.29, 0.717) is 17.0 Å². The molecular formula is C30H51OS+. The summed E-state index contributed by atoms with van der Waals surface area (Å²) in [6.45, 7) is 1.01. The minimum atomic E-state index is 0.605. The highest BCUT2D eigenvalue weighted by atomic mass is 32.2. The Morgan fingerprint density at radius 2 is 1.28 bits per heavy atom. The first-order chi connectivity index (χ1) is 15.9. The molecule has 0 bridgehead atoms. The first kappa shape index (κ1) is 26.1. The van der Waals surface area contributed by atoms with Crippen LogP contribution in [0.5, 0.6) is 0 Å². The summed E-state index contributed by atoms with van der Waals surface area (Å²) in [6.07, 6.45) is 26.5. The molecule has 0 radical (unpaired) electrons. The normalized spacial score (nSPS) is 19.4. The van der Waals surface area contributed by atoms with Crippen molar-refractivity contribution in [1.29, 1.82) is 0 Å². The van der Waals surface area contributed by atoms with Crippen molar-refractivity contribution in [1.82, 2.24) is 0 Å². The molecule has 2 heteroatoms. The first-order valence-electron chi connectivity index (χ1n) is 14.2. The van der Waals surface area contributed by atoms with Gasteiger partial charge in [0, 0.05) is 18.1 Å². The van der Waals surface area contributed by atoms with Gasteiger partial charge >= 0.3 is 0 Å². The van der Waals surface area contributed by atoms with Gasteiger partial charge in [-0.15, -0.1) is 0 Å². The predicted molar refractivity (Wildman–Crippen MR) is 144 cm³/mol. The van der Waals surface area contributed by atoms with Gasteiger partial charge in [0.1, 0.15) is 17.3 Å². The first-order valence-corrected chi connectivity index (χ1v) is 15.9. The van der Waals surface area contributed by atoms with Crippen LogP contribution >= 0.6 is 0 Å². The monoisotopic (exact) mass is 459 g/mol. The third-order valence-electron chi connectivity index (χ3n) is 7.37. The molecule has 1 saturated carbocycles. The topological polar surface area (TPSA) is 9.23 Å². The van der Waals surface area contributed by atoms with Gasteiger partial charge in [-0.05, 0) is 55.8 Å². The molecule has 1 heterocycles. The molecule has 2 fully saturated rings. The zero-order chi connectivity index (χ0) is 22.1. The molecule has 2 unspecified atom stereocenters. The molecule has 1 aliphatic heterocycles. The van der Waals surface area contributed by atoms with E-state index in [1.807, 2.05) is 0 Å². The fourth-order valence-electron chi connectivity index (χ4n) is 5.14. The highest BCUT2D eigenvalue weighted by molar-refractivity contribution is 7.96. The zero-order valence-electron chi connectivity index (χ0n) is 20.9. The second kappa shape index (κ2) is 17.0. The van der Waals surface area contributed by atoms with Crippen LogP contribution in [0, 0.1) is 5.92 Å². The summed E-state index contributed by atoms with van der Waals surface area (Å²) in [7, 11) is 0.634. The molecule has 182 valence electrons. The lowest BCUT2D eigenvalue weighted by atomic mass is 10.0. The van der Waals surface area contributed by atoms with Crippen molar-refractivity contribution in [3.8, 4) is 0 Å². The fourth-order valence-corrected chi connectivity index (χ4v) is 7.84. The van der Waals surface area contributed by atoms with Crippen LogP contribution in [0.3, 0.4) is 0 Å². The third-order valence-corrected chi connectivity index (χ3v) is 9.92. The quantitative estimate of drug-likeness (QED) is 0.140. The molecule has 0 amide bonds. The molecule has 1 nitrogen and oxygen atoms in total. The summed E-state index contributed by atoms with van der Waals surface area (Å²) in [5.41, 5.74) is 1.56. The summed E-state index contributed by atoms with van der Waals surface area (Å²) in [4.78, 5) is 0. The van der Waals surface area contributed by atoms with Gasteiger partial charge in [-0.3, -0.25) is 0 Å². The number of unbranched alkanes of at least 4 members (excludes halogenated alkanes) is 12. The molecule has 2 aliphatic rings. The Bertz CT molecular complexity index is 549. The van der Waals surface area contributed by atoms with Crippen molar-refractivity contribution >= 4 is 10.9 Å². The van der Waals surface area contributed by atoms with E-state index in [0.717, 1.165) is 12.5 Å². The van der Waals surface area contributed by atoms with E-state index < -0.39 is 0 Å². The highest BCUT2D eigenvalue weighted by Crippen LogP contribution is 2.32. The molecule has 1 saturated heterocycles. The summed E-state index contributed by atoms with van der Waals surface area (Å²) < 4.78 is 5.71. The molecule has 1 aliphatic carbocycles. The summed E-state index contributed by atoms with van der Waals surface area (Å²) in [6, 6.07) is 11.2. The molecule has 3 rings (SSSR count). The lowest BCUT2D eigenvalue weighted by Crippen LogP contribution is -2.16. The minimum absolute atomic E-state index is 0.605. The van der Waals surface area contributed by atoms with Gasteiger partial charge < -0.3 is 4.74 Å². The van der Waals surface area contributed by atoms with Crippen LogP contribution in [0.4, 0.5) is 0 Å². The standard InChI is InChI=1S/C30H51OS/c1(2-4-6-8-10-15-20-30-21-17-24-31-30)3-5-7-9-11-16-25-32(27-29-22-23-29)26-28-18-13-12-14-19-28/h12-14,18-19,29-30H,1-11,15-17,20-27H2/q+1. The van der Waals surface area contributed by atoms with Crippen LogP contribution in [0.25, 0.3) is 0 Å². The van der Waals surface area contributed by atoms with Crippen molar-refractivity contribution in [2.45, 2.75) is 127 Å². The van der Waals surface area contributed by atoms with Crippen molar-refractivity contribution in [2.24, 2.45) is 5.92 Å². The van der Waals surface area contributed by atoms with Crippen molar-refractivity contribution < 1.29 is 4.74 Å². The average Bonchev–Trinajstić information content (AvgIpc) is 3.47. The van der Waals surface area contributed by atoms with E-state index in [1.54, 1.807) is 5.56 Å². The molecule has 2 atom stereocenters. The number of hydrogen-bond donors (Lipinski definition) is 0. The molecule has 1 aromatic carbocycles. The number of ether oxygens (including phenoxy) is 1. The molecule has 0 aromatic heterocycles.